The molecular weight excluding hydrogens is 298 g/mol. The fraction of sp³-hybridized carbons (Fsp3) is 0.350. The largest absolute Gasteiger partial charge is 0.491 e. The van der Waals surface area contributed by atoms with Gasteiger partial charge in [0, 0.05) is 20.1 Å². The summed E-state index contributed by atoms with van der Waals surface area (Å²) in [4.78, 5) is 4.26. The lowest BCUT2D eigenvalue weighted by molar-refractivity contribution is 0.242. The normalized spacial score (nSPS) is 11.4. The van der Waals surface area contributed by atoms with Crippen LogP contribution in [-0.4, -0.2) is 25.7 Å². The van der Waals surface area contributed by atoms with Crippen molar-refractivity contribution < 1.29 is 4.74 Å². The van der Waals surface area contributed by atoms with Crippen molar-refractivity contribution >= 4 is 5.96 Å². The Hall–Kier alpha value is -2.49. The van der Waals surface area contributed by atoms with Gasteiger partial charge in [0.2, 0.25) is 0 Å². The first-order chi connectivity index (χ1) is 11.7. The van der Waals surface area contributed by atoms with Gasteiger partial charge in [0.15, 0.2) is 5.96 Å². The number of aliphatic imine (C=N–C) groups is 1. The minimum Gasteiger partial charge on any atom is -0.491 e. The molecule has 0 saturated heterocycles. The lowest BCUT2D eigenvalue weighted by Gasteiger charge is -2.13. The molecule has 0 amide bonds. The molecule has 0 aliphatic heterocycles. The van der Waals surface area contributed by atoms with Crippen LogP contribution in [0.4, 0.5) is 0 Å². The number of guanidine groups is 1. The second kappa shape index (κ2) is 9.60. The molecule has 0 bridgehead atoms. The average molecular weight is 325 g/mol. The Morgan fingerprint density at radius 1 is 0.958 bits per heavy atom. The molecule has 0 fully saturated rings. The molecule has 0 aliphatic carbocycles. The molecule has 2 aromatic carbocycles. The summed E-state index contributed by atoms with van der Waals surface area (Å²) in [6.07, 6.45) is 1.17. The number of nitrogens with zero attached hydrogens (tertiary/aromatic N) is 1. The first kappa shape index (κ1) is 17.9. The summed E-state index contributed by atoms with van der Waals surface area (Å²) in [7, 11) is 1.79. The van der Waals surface area contributed by atoms with Crippen LogP contribution in [0.2, 0.25) is 0 Å². The van der Waals surface area contributed by atoms with Gasteiger partial charge in [-0.05, 0) is 43.5 Å². The Morgan fingerprint density at radius 2 is 1.67 bits per heavy atom. The molecule has 0 atom stereocenters. The maximum Gasteiger partial charge on any atom is 0.191 e. The highest BCUT2D eigenvalue weighted by Gasteiger charge is 2.01. The van der Waals surface area contributed by atoms with Crippen LogP contribution in [0.25, 0.3) is 0 Å². The van der Waals surface area contributed by atoms with Crippen LogP contribution < -0.4 is 15.4 Å². The SMILES string of the molecule is CN=C(NCCc1ccccc1)NCc1ccc(OC(C)C)cc1. The van der Waals surface area contributed by atoms with E-state index in [9.17, 15) is 0 Å². The number of benzene rings is 2. The highest BCUT2D eigenvalue weighted by molar-refractivity contribution is 5.79. The molecule has 24 heavy (non-hydrogen) atoms. The summed E-state index contributed by atoms with van der Waals surface area (Å²) in [6, 6.07) is 18.6. The Morgan fingerprint density at radius 3 is 2.29 bits per heavy atom. The van der Waals surface area contributed by atoms with E-state index >= 15 is 0 Å². The molecule has 0 aliphatic rings. The highest BCUT2D eigenvalue weighted by Crippen LogP contribution is 2.13. The van der Waals surface area contributed by atoms with Gasteiger partial charge >= 0.3 is 0 Å². The lowest BCUT2D eigenvalue weighted by Crippen LogP contribution is -2.37. The maximum absolute atomic E-state index is 5.65. The van der Waals surface area contributed by atoms with Gasteiger partial charge in [-0.1, -0.05) is 42.5 Å². The van der Waals surface area contributed by atoms with Crippen LogP contribution in [0.15, 0.2) is 59.6 Å². The highest BCUT2D eigenvalue weighted by atomic mass is 16.5. The van der Waals surface area contributed by atoms with E-state index in [1.165, 1.54) is 11.1 Å². The van der Waals surface area contributed by atoms with Crippen LogP contribution in [-0.2, 0) is 13.0 Å². The molecule has 4 heteroatoms. The summed E-state index contributed by atoms with van der Waals surface area (Å²) < 4.78 is 5.65. The molecule has 2 N–H and O–H groups in total. The van der Waals surface area contributed by atoms with Crippen molar-refractivity contribution in [3.63, 3.8) is 0 Å². The lowest BCUT2D eigenvalue weighted by atomic mass is 10.1. The van der Waals surface area contributed by atoms with Crippen molar-refractivity contribution in [2.75, 3.05) is 13.6 Å². The van der Waals surface area contributed by atoms with E-state index < -0.39 is 0 Å². The van der Waals surface area contributed by atoms with Crippen molar-refractivity contribution in [2.45, 2.75) is 32.9 Å². The van der Waals surface area contributed by atoms with Gasteiger partial charge in [0.1, 0.15) is 5.75 Å². The number of hydrogen-bond acceptors (Lipinski definition) is 2. The maximum atomic E-state index is 5.65. The molecule has 0 heterocycles. The van der Waals surface area contributed by atoms with Gasteiger partial charge in [-0.15, -0.1) is 0 Å². The summed E-state index contributed by atoms with van der Waals surface area (Å²) in [5, 5.41) is 6.67. The van der Waals surface area contributed by atoms with Gasteiger partial charge < -0.3 is 15.4 Å². The topological polar surface area (TPSA) is 45.7 Å². The fourth-order valence-corrected chi connectivity index (χ4v) is 2.33. The monoisotopic (exact) mass is 325 g/mol. The van der Waals surface area contributed by atoms with Gasteiger partial charge in [-0.3, -0.25) is 4.99 Å². The third-order valence-corrected chi connectivity index (χ3v) is 3.53. The minimum atomic E-state index is 0.196. The predicted octanol–water partition coefficient (Wildman–Crippen LogP) is 3.38. The molecule has 2 aromatic rings. The number of nitrogens with one attached hydrogen (secondary N) is 2. The molecule has 0 radical (unpaired) electrons. The van der Waals surface area contributed by atoms with Gasteiger partial charge in [-0.2, -0.15) is 0 Å². The third-order valence-electron chi connectivity index (χ3n) is 3.53. The Bertz CT molecular complexity index is 621. The Balaban J connectivity index is 1.75. The molecule has 0 spiro atoms. The first-order valence-corrected chi connectivity index (χ1v) is 8.41. The summed E-state index contributed by atoms with van der Waals surface area (Å²) >= 11 is 0. The zero-order valence-corrected chi connectivity index (χ0v) is 14.8. The first-order valence-electron chi connectivity index (χ1n) is 8.41. The van der Waals surface area contributed by atoms with Crippen LogP contribution in [0.3, 0.4) is 0 Å². The molecule has 0 unspecified atom stereocenters. The van der Waals surface area contributed by atoms with E-state index in [1.807, 2.05) is 32.0 Å². The van der Waals surface area contributed by atoms with Crippen molar-refractivity contribution in [1.29, 1.82) is 0 Å². The van der Waals surface area contributed by atoms with Gasteiger partial charge in [-0.25, -0.2) is 0 Å². The van der Waals surface area contributed by atoms with Gasteiger partial charge in [0.25, 0.3) is 0 Å². The molecule has 128 valence electrons. The quantitative estimate of drug-likeness (QED) is 0.606. The fourth-order valence-electron chi connectivity index (χ4n) is 2.33. The van der Waals surface area contributed by atoms with E-state index in [-0.39, 0.29) is 6.10 Å². The second-order valence-electron chi connectivity index (χ2n) is 5.90. The number of ether oxygens (including phenoxy) is 1. The third kappa shape index (κ3) is 6.32. The van der Waals surface area contributed by atoms with E-state index in [4.69, 9.17) is 4.74 Å². The van der Waals surface area contributed by atoms with E-state index in [0.29, 0.717) is 0 Å². The summed E-state index contributed by atoms with van der Waals surface area (Å²) in [5.74, 6) is 1.72. The van der Waals surface area contributed by atoms with Crippen molar-refractivity contribution in [3.8, 4) is 5.75 Å². The molecular formula is C20H27N3O. The number of hydrogen-bond donors (Lipinski definition) is 2. The van der Waals surface area contributed by atoms with Crippen LogP contribution >= 0.6 is 0 Å². The van der Waals surface area contributed by atoms with Crippen LogP contribution in [0, 0.1) is 0 Å². The minimum absolute atomic E-state index is 0.196. The van der Waals surface area contributed by atoms with Crippen molar-refractivity contribution in [3.05, 3.63) is 65.7 Å². The molecule has 4 nitrogen and oxygen atoms in total. The summed E-state index contributed by atoms with van der Waals surface area (Å²) in [5.41, 5.74) is 2.51. The summed E-state index contributed by atoms with van der Waals surface area (Å²) in [6.45, 7) is 5.64. The van der Waals surface area contributed by atoms with Gasteiger partial charge in [0.05, 0.1) is 6.10 Å². The van der Waals surface area contributed by atoms with Crippen LogP contribution in [0.5, 0.6) is 5.75 Å². The molecule has 0 aromatic heterocycles. The Labute approximate surface area is 145 Å². The van der Waals surface area contributed by atoms with Crippen molar-refractivity contribution in [1.82, 2.24) is 10.6 Å². The van der Waals surface area contributed by atoms with E-state index in [1.54, 1.807) is 7.05 Å². The molecule has 2 rings (SSSR count). The second-order valence-corrected chi connectivity index (χ2v) is 5.90. The van der Waals surface area contributed by atoms with Crippen LogP contribution in [0.1, 0.15) is 25.0 Å². The van der Waals surface area contributed by atoms with E-state index in [2.05, 4.69) is 52.0 Å². The van der Waals surface area contributed by atoms with Crippen molar-refractivity contribution in [2.24, 2.45) is 4.99 Å². The van der Waals surface area contributed by atoms with E-state index in [0.717, 1.165) is 31.2 Å². The number of rotatable bonds is 7. The Kier molecular flexibility index (Phi) is 7.15. The zero-order chi connectivity index (χ0) is 17.2. The zero-order valence-electron chi connectivity index (χ0n) is 14.8. The average Bonchev–Trinajstić information content (AvgIpc) is 2.59. The smallest absolute Gasteiger partial charge is 0.191 e. The predicted molar refractivity (Wildman–Crippen MR) is 101 cm³/mol. The molecule has 0 saturated carbocycles. The standard InChI is InChI=1S/C20H27N3O/c1-16(2)24-19-11-9-18(10-12-19)15-23-20(21-3)22-14-13-17-7-5-4-6-8-17/h4-12,16H,13-15H2,1-3H3,(H2,21,22,23).